The molecule has 1 aromatic carbocycles. The summed E-state index contributed by atoms with van der Waals surface area (Å²) in [5.74, 6) is 0.434. The van der Waals surface area contributed by atoms with Gasteiger partial charge in [-0.15, -0.1) is 0 Å². The van der Waals surface area contributed by atoms with Crippen molar-refractivity contribution in [2.75, 3.05) is 11.9 Å². The third-order valence-electron chi connectivity index (χ3n) is 6.56. The fraction of sp³-hybridized carbons (Fsp3) is 0.476. The monoisotopic (exact) mass is 350 g/mol. The van der Waals surface area contributed by atoms with Crippen LogP contribution in [0.15, 0.2) is 30.4 Å². The lowest BCUT2D eigenvalue weighted by Crippen LogP contribution is -2.40. The first-order valence-electron chi connectivity index (χ1n) is 9.36. The van der Waals surface area contributed by atoms with Crippen LogP contribution in [-0.4, -0.2) is 29.2 Å². The van der Waals surface area contributed by atoms with Crippen LogP contribution >= 0.6 is 0 Å². The summed E-state index contributed by atoms with van der Waals surface area (Å²) in [6.45, 7) is 3.75. The van der Waals surface area contributed by atoms with E-state index in [0.717, 1.165) is 17.5 Å². The molecule has 6 atom stereocenters. The molecular weight excluding hydrogens is 328 g/mol. The maximum absolute atomic E-state index is 12.9. The van der Waals surface area contributed by atoms with Gasteiger partial charge in [-0.3, -0.25) is 19.3 Å². The van der Waals surface area contributed by atoms with Gasteiger partial charge in [0.15, 0.2) is 0 Å². The van der Waals surface area contributed by atoms with Crippen molar-refractivity contribution >= 4 is 23.4 Å². The Morgan fingerprint density at radius 2 is 1.54 bits per heavy atom. The lowest BCUT2D eigenvalue weighted by Gasteiger charge is -2.37. The van der Waals surface area contributed by atoms with E-state index in [1.54, 1.807) is 0 Å². The van der Waals surface area contributed by atoms with Gasteiger partial charge < -0.3 is 5.32 Å². The number of carbonyl (C=O) groups excluding carboxylic acids is 3. The molecule has 3 amide bonds. The van der Waals surface area contributed by atoms with Crippen LogP contribution in [0, 0.1) is 49.4 Å². The van der Waals surface area contributed by atoms with Crippen molar-refractivity contribution in [1.29, 1.82) is 0 Å². The minimum Gasteiger partial charge on any atom is -0.325 e. The van der Waals surface area contributed by atoms with E-state index in [1.165, 1.54) is 4.90 Å². The number of hydrogen-bond donors (Lipinski definition) is 1. The number of rotatable bonds is 3. The molecule has 1 N–H and O–H groups in total. The summed E-state index contributed by atoms with van der Waals surface area (Å²) in [5, 5.41) is 2.83. The zero-order chi connectivity index (χ0) is 18.2. The number of nitrogens with one attached hydrogen (secondary N) is 1. The Morgan fingerprint density at radius 3 is 2.08 bits per heavy atom. The maximum Gasteiger partial charge on any atom is 0.244 e. The molecule has 26 heavy (non-hydrogen) atoms. The quantitative estimate of drug-likeness (QED) is 0.672. The number of imide groups is 1. The minimum atomic E-state index is -0.319. The van der Waals surface area contributed by atoms with Gasteiger partial charge in [-0.25, -0.2) is 0 Å². The largest absolute Gasteiger partial charge is 0.325 e. The number of anilines is 1. The number of amides is 3. The summed E-state index contributed by atoms with van der Waals surface area (Å²) in [6.07, 6.45) is 5.43. The standard InChI is InChI=1S/C21H22N2O3/c1-10-5-11(2)7-12(6-10)22-17(24)9-23-20(25)18-13-3-4-14(16-8-15(13)16)19(18)21(23)26/h3-7,13-16,18-19H,8-9H2,1-2H3,(H,22,24)/t13-,14-,15-,16+,18+,19+/m0/s1. The molecule has 0 radical (unpaired) electrons. The van der Waals surface area contributed by atoms with Gasteiger partial charge in [-0.2, -0.15) is 0 Å². The van der Waals surface area contributed by atoms with E-state index < -0.39 is 0 Å². The molecule has 2 saturated carbocycles. The number of likely N-dealkylation sites (tertiary alicyclic amines) is 1. The normalized spacial score (nSPS) is 36.2. The van der Waals surface area contributed by atoms with Crippen LogP contribution < -0.4 is 5.32 Å². The molecule has 0 spiro atoms. The number of allylic oxidation sites excluding steroid dienone is 2. The smallest absolute Gasteiger partial charge is 0.244 e. The zero-order valence-corrected chi connectivity index (χ0v) is 14.9. The van der Waals surface area contributed by atoms with E-state index in [2.05, 4.69) is 17.5 Å². The zero-order valence-electron chi connectivity index (χ0n) is 14.9. The lowest BCUT2D eigenvalue weighted by molar-refractivity contribution is -0.142. The third kappa shape index (κ3) is 2.19. The van der Waals surface area contributed by atoms with Gasteiger partial charge in [0.2, 0.25) is 17.7 Å². The fourth-order valence-electron chi connectivity index (χ4n) is 5.57. The molecule has 3 fully saturated rings. The summed E-state index contributed by atoms with van der Waals surface area (Å²) < 4.78 is 0. The molecule has 0 unspecified atom stereocenters. The van der Waals surface area contributed by atoms with E-state index >= 15 is 0 Å². The van der Waals surface area contributed by atoms with Crippen LogP contribution in [0.1, 0.15) is 17.5 Å². The number of benzene rings is 1. The molecule has 5 nitrogen and oxygen atoms in total. The average Bonchev–Trinajstić information content (AvgIpc) is 3.35. The number of hydrogen-bond acceptors (Lipinski definition) is 3. The molecule has 5 heteroatoms. The molecule has 1 heterocycles. The predicted molar refractivity (Wildman–Crippen MR) is 96.0 cm³/mol. The molecule has 1 aromatic rings. The molecule has 1 saturated heterocycles. The molecule has 5 aliphatic rings. The first kappa shape index (κ1) is 15.8. The van der Waals surface area contributed by atoms with E-state index in [9.17, 15) is 14.4 Å². The van der Waals surface area contributed by atoms with Gasteiger partial charge in [0.1, 0.15) is 6.54 Å². The van der Waals surface area contributed by atoms with Crippen molar-refractivity contribution < 1.29 is 14.4 Å². The Labute approximate surface area is 152 Å². The predicted octanol–water partition coefficient (Wildman–Crippen LogP) is 2.30. The fourth-order valence-corrected chi connectivity index (χ4v) is 5.57. The van der Waals surface area contributed by atoms with Crippen molar-refractivity contribution in [3.05, 3.63) is 41.5 Å². The number of nitrogens with zero attached hydrogens (tertiary/aromatic N) is 1. The second-order valence-electron chi connectivity index (χ2n) is 8.34. The van der Waals surface area contributed by atoms with Crippen molar-refractivity contribution in [3.8, 4) is 0 Å². The van der Waals surface area contributed by atoms with Crippen LogP contribution in [-0.2, 0) is 14.4 Å². The summed E-state index contributed by atoms with van der Waals surface area (Å²) in [6, 6.07) is 5.80. The minimum absolute atomic E-state index is 0.153. The maximum atomic E-state index is 12.9. The summed E-state index contributed by atoms with van der Waals surface area (Å²) >= 11 is 0. The van der Waals surface area contributed by atoms with Gasteiger partial charge in [-0.05, 0) is 67.2 Å². The number of carbonyl (C=O) groups is 3. The van der Waals surface area contributed by atoms with Crippen LogP contribution in [0.4, 0.5) is 5.69 Å². The first-order chi connectivity index (χ1) is 12.4. The average molecular weight is 350 g/mol. The second kappa shape index (κ2) is 5.29. The van der Waals surface area contributed by atoms with E-state index in [1.807, 2.05) is 32.0 Å². The van der Waals surface area contributed by atoms with Crippen LogP contribution in [0.2, 0.25) is 0 Å². The lowest BCUT2D eigenvalue weighted by atomic mass is 9.63. The third-order valence-corrected chi connectivity index (χ3v) is 6.56. The Morgan fingerprint density at radius 1 is 1.00 bits per heavy atom. The Bertz CT molecular complexity index is 818. The molecular formula is C21H22N2O3. The van der Waals surface area contributed by atoms with Crippen molar-refractivity contribution in [3.63, 3.8) is 0 Å². The molecule has 134 valence electrons. The Hall–Kier alpha value is -2.43. The highest BCUT2D eigenvalue weighted by Gasteiger charge is 2.67. The first-order valence-corrected chi connectivity index (χ1v) is 9.36. The highest BCUT2D eigenvalue weighted by atomic mass is 16.2. The number of aryl methyl sites for hydroxylation is 2. The Balaban J connectivity index is 1.33. The van der Waals surface area contributed by atoms with E-state index in [0.29, 0.717) is 17.5 Å². The topological polar surface area (TPSA) is 66.5 Å². The molecule has 2 bridgehead atoms. The highest BCUT2D eigenvalue weighted by molar-refractivity contribution is 6.09. The van der Waals surface area contributed by atoms with E-state index in [4.69, 9.17) is 0 Å². The Kier molecular flexibility index (Phi) is 3.21. The van der Waals surface area contributed by atoms with Crippen LogP contribution in [0.5, 0.6) is 0 Å². The summed E-state index contributed by atoms with van der Waals surface area (Å²) in [4.78, 5) is 39.4. The molecule has 1 aliphatic heterocycles. The van der Waals surface area contributed by atoms with Crippen molar-refractivity contribution in [2.45, 2.75) is 20.3 Å². The molecule has 6 rings (SSSR count). The van der Waals surface area contributed by atoms with Gasteiger partial charge in [0, 0.05) is 5.69 Å². The second-order valence-corrected chi connectivity index (χ2v) is 8.34. The summed E-state index contributed by atoms with van der Waals surface area (Å²) in [5.41, 5.74) is 2.81. The van der Waals surface area contributed by atoms with Crippen LogP contribution in [0.25, 0.3) is 0 Å². The van der Waals surface area contributed by atoms with Gasteiger partial charge in [0.25, 0.3) is 0 Å². The molecule has 0 aromatic heterocycles. The van der Waals surface area contributed by atoms with Gasteiger partial charge in [-0.1, -0.05) is 18.2 Å². The van der Waals surface area contributed by atoms with Crippen molar-refractivity contribution in [1.82, 2.24) is 4.90 Å². The van der Waals surface area contributed by atoms with Crippen molar-refractivity contribution in [2.24, 2.45) is 35.5 Å². The molecule has 4 aliphatic carbocycles. The van der Waals surface area contributed by atoms with Crippen LogP contribution in [0.3, 0.4) is 0 Å². The summed E-state index contributed by atoms with van der Waals surface area (Å²) in [7, 11) is 0. The van der Waals surface area contributed by atoms with E-state index in [-0.39, 0.29) is 47.9 Å². The highest BCUT2D eigenvalue weighted by Crippen LogP contribution is 2.65. The van der Waals surface area contributed by atoms with Gasteiger partial charge in [0.05, 0.1) is 11.8 Å². The SMILES string of the molecule is Cc1cc(C)cc(NC(=O)CN2C(=O)[C@@H]3[C@H]4C=C[C@@H]([C@@H]5C[C@H]45)[C@H]3C2=O)c1. The van der Waals surface area contributed by atoms with Gasteiger partial charge >= 0.3 is 0 Å².